The predicted molar refractivity (Wildman–Crippen MR) is 60.7 cm³/mol. The van der Waals surface area contributed by atoms with E-state index in [4.69, 9.17) is 4.12 Å². The molecule has 0 aromatic heterocycles. The zero-order chi connectivity index (χ0) is 8.20. The van der Waals surface area contributed by atoms with Gasteiger partial charge in [-0.2, -0.15) is 0 Å². The predicted octanol–water partition coefficient (Wildman–Crippen LogP) is 2.90. The van der Waals surface area contributed by atoms with E-state index >= 15 is 0 Å². The standard InChI is InChI=1S/C6H17IOSi2/c1-5-6-9(7)8-10(2,3)4/h9H,5-6H2,1-4H3. The third-order valence-corrected chi connectivity index (χ3v) is 10.0. The fourth-order valence-corrected chi connectivity index (χ4v) is 13.4. The summed E-state index contributed by atoms with van der Waals surface area (Å²) >= 11 is 2.52. The largest absolute Gasteiger partial charge is 0.451 e. The molecule has 0 aromatic carbocycles. The summed E-state index contributed by atoms with van der Waals surface area (Å²) in [5.41, 5.74) is 0. The molecule has 0 aromatic rings. The Hall–Kier alpha value is 1.12. The molecule has 0 aliphatic heterocycles. The monoisotopic (exact) mass is 288 g/mol. The Morgan fingerprint density at radius 2 is 1.90 bits per heavy atom. The zero-order valence-corrected chi connectivity index (χ0v) is 11.6. The molecule has 0 radical (unpaired) electrons. The smallest absolute Gasteiger partial charge is 0.232 e. The number of halogens is 1. The SMILES string of the molecule is CCC[SiH](I)O[Si](C)(C)C. The van der Waals surface area contributed by atoms with Gasteiger partial charge in [-0.3, -0.25) is 0 Å². The molecule has 1 unspecified atom stereocenters. The molecule has 0 rings (SSSR count). The Kier molecular flexibility index (Phi) is 5.44. The van der Waals surface area contributed by atoms with Crippen LogP contribution in [0.4, 0.5) is 0 Å². The molecule has 0 aliphatic carbocycles. The summed E-state index contributed by atoms with van der Waals surface area (Å²) in [5.74, 6) is 0. The lowest BCUT2D eigenvalue weighted by Crippen LogP contribution is -2.31. The fourth-order valence-electron chi connectivity index (χ4n) is 0.670. The maximum atomic E-state index is 5.94. The van der Waals surface area contributed by atoms with E-state index in [0.29, 0.717) is 0 Å². The van der Waals surface area contributed by atoms with Crippen molar-refractivity contribution in [3.8, 4) is 0 Å². The van der Waals surface area contributed by atoms with Crippen LogP contribution in [0.3, 0.4) is 0 Å². The average molecular weight is 288 g/mol. The summed E-state index contributed by atoms with van der Waals surface area (Å²) in [6, 6.07) is 1.32. The van der Waals surface area contributed by atoms with Crippen LogP contribution in [0.1, 0.15) is 13.3 Å². The van der Waals surface area contributed by atoms with E-state index in [0.717, 1.165) is 0 Å². The Morgan fingerprint density at radius 3 is 2.20 bits per heavy atom. The summed E-state index contributed by atoms with van der Waals surface area (Å²) in [7, 11) is -1.20. The minimum Gasteiger partial charge on any atom is -0.451 e. The highest BCUT2D eigenvalue weighted by Crippen LogP contribution is 2.13. The first-order valence-electron chi connectivity index (χ1n) is 3.77. The summed E-state index contributed by atoms with van der Waals surface area (Å²) in [6.07, 6.45) is 1.28. The minimum atomic E-state index is -1.20. The van der Waals surface area contributed by atoms with Gasteiger partial charge in [0, 0.05) is 0 Å². The molecule has 0 saturated heterocycles. The van der Waals surface area contributed by atoms with E-state index in [-0.39, 0.29) is 0 Å². The second-order valence-corrected chi connectivity index (χ2v) is 14.2. The van der Waals surface area contributed by atoms with Crippen LogP contribution in [-0.4, -0.2) is 14.9 Å². The van der Waals surface area contributed by atoms with E-state index in [1.54, 1.807) is 0 Å². The maximum absolute atomic E-state index is 5.94. The normalized spacial score (nSPS) is 15.3. The van der Waals surface area contributed by atoms with E-state index in [2.05, 4.69) is 48.4 Å². The van der Waals surface area contributed by atoms with Crippen molar-refractivity contribution in [1.82, 2.24) is 0 Å². The van der Waals surface area contributed by atoms with Crippen molar-refractivity contribution >= 4 is 36.7 Å². The van der Waals surface area contributed by atoms with Crippen molar-refractivity contribution < 1.29 is 4.12 Å². The molecule has 4 heteroatoms. The van der Waals surface area contributed by atoms with Crippen LogP contribution in [0.5, 0.6) is 0 Å². The third-order valence-electron chi connectivity index (χ3n) is 0.997. The van der Waals surface area contributed by atoms with Crippen molar-refractivity contribution in [3.05, 3.63) is 0 Å². The van der Waals surface area contributed by atoms with Crippen LogP contribution in [0.25, 0.3) is 0 Å². The first-order valence-corrected chi connectivity index (χ1v) is 12.6. The highest BCUT2D eigenvalue weighted by molar-refractivity contribution is 14.1. The molecule has 1 nitrogen and oxygen atoms in total. The minimum absolute atomic E-state index is 0.795. The van der Waals surface area contributed by atoms with Gasteiger partial charge in [0.1, 0.15) is 0 Å². The van der Waals surface area contributed by atoms with Crippen LogP contribution in [0, 0.1) is 0 Å². The van der Waals surface area contributed by atoms with Gasteiger partial charge in [-0.05, 0) is 25.7 Å². The van der Waals surface area contributed by atoms with Gasteiger partial charge in [0.2, 0.25) is 6.54 Å². The van der Waals surface area contributed by atoms with Gasteiger partial charge in [-0.25, -0.2) is 0 Å². The molecule has 0 aliphatic rings. The third kappa shape index (κ3) is 7.23. The molecule has 0 amide bonds. The summed E-state index contributed by atoms with van der Waals surface area (Å²) < 4.78 is 5.94. The van der Waals surface area contributed by atoms with Crippen molar-refractivity contribution in [1.29, 1.82) is 0 Å². The van der Waals surface area contributed by atoms with Crippen LogP contribution < -0.4 is 0 Å². The van der Waals surface area contributed by atoms with Gasteiger partial charge >= 0.3 is 0 Å². The molecule has 0 heterocycles. The van der Waals surface area contributed by atoms with E-state index in [1.165, 1.54) is 12.5 Å². The molecule has 0 spiro atoms. The van der Waals surface area contributed by atoms with Crippen molar-refractivity contribution in [3.63, 3.8) is 0 Å². The molecule has 0 N–H and O–H groups in total. The van der Waals surface area contributed by atoms with E-state index in [1.807, 2.05) is 0 Å². The second kappa shape index (κ2) is 4.89. The quantitative estimate of drug-likeness (QED) is 0.439. The fraction of sp³-hybridized carbons (Fsp3) is 1.00. The molecular formula is C6H17IOSi2. The van der Waals surface area contributed by atoms with Crippen LogP contribution in [-0.2, 0) is 4.12 Å². The van der Waals surface area contributed by atoms with Crippen molar-refractivity contribution in [2.24, 2.45) is 0 Å². The Morgan fingerprint density at radius 1 is 1.40 bits per heavy atom. The van der Waals surface area contributed by atoms with Crippen LogP contribution >= 0.6 is 21.8 Å². The van der Waals surface area contributed by atoms with Gasteiger partial charge in [0.15, 0.2) is 8.32 Å². The lowest BCUT2D eigenvalue weighted by atomic mass is 10.6. The number of hydrogen-bond donors (Lipinski definition) is 0. The average Bonchev–Trinajstić information content (AvgIpc) is 1.59. The Bertz CT molecular complexity index is 92.2. The Labute approximate surface area is 79.6 Å². The first kappa shape index (κ1) is 11.1. The first-order chi connectivity index (χ1) is 4.45. The maximum Gasteiger partial charge on any atom is 0.232 e. The molecule has 0 fully saturated rings. The molecular weight excluding hydrogens is 271 g/mol. The van der Waals surface area contributed by atoms with Gasteiger partial charge in [-0.1, -0.05) is 35.1 Å². The topological polar surface area (TPSA) is 9.23 Å². The Balaban J connectivity index is 3.47. The summed E-state index contributed by atoms with van der Waals surface area (Å²) in [4.78, 5) is 0. The molecule has 0 saturated carbocycles. The van der Waals surface area contributed by atoms with Gasteiger partial charge in [0.05, 0.1) is 0 Å². The van der Waals surface area contributed by atoms with E-state index in [9.17, 15) is 0 Å². The summed E-state index contributed by atoms with van der Waals surface area (Å²) in [5, 5.41) is 0. The number of rotatable bonds is 4. The second-order valence-electron chi connectivity index (χ2n) is 3.43. The van der Waals surface area contributed by atoms with Gasteiger partial charge in [-0.15, -0.1) is 0 Å². The van der Waals surface area contributed by atoms with Gasteiger partial charge in [0.25, 0.3) is 0 Å². The molecule has 10 heavy (non-hydrogen) atoms. The van der Waals surface area contributed by atoms with Crippen LogP contribution in [0.15, 0.2) is 0 Å². The number of hydrogen-bond acceptors (Lipinski definition) is 1. The van der Waals surface area contributed by atoms with Crippen LogP contribution in [0.2, 0.25) is 25.7 Å². The van der Waals surface area contributed by atoms with Crippen molar-refractivity contribution in [2.75, 3.05) is 0 Å². The zero-order valence-electron chi connectivity index (χ0n) is 7.28. The van der Waals surface area contributed by atoms with Gasteiger partial charge < -0.3 is 4.12 Å². The van der Waals surface area contributed by atoms with Crippen molar-refractivity contribution in [2.45, 2.75) is 39.0 Å². The lowest BCUT2D eigenvalue weighted by molar-refractivity contribution is 0.590. The molecule has 0 bridgehead atoms. The molecule has 1 atom stereocenters. The molecule has 62 valence electrons. The summed E-state index contributed by atoms with van der Waals surface area (Å²) in [6.45, 7) is 8.23. The lowest BCUT2D eigenvalue weighted by Gasteiger charge is -2.21. The highest BCUT2D eigenvalue weighted by atomic mass is 127. The highest BCUT2D eigenvalue weighted by Gasteiger charge is 2.18. The van der Waals surface area contributed by atoms with E-state index < -0.39 is 14.9 Å².